The van der Waals surface area contributed by atoms with Crippen molar-refractivity contribution in [3.63, 3.8) is 0 Å². The molecule has 48 radical (unpaired) electrons. The quantitative estimate of drug-likeness (QED) is 0.0251. The smallest absolute Gasteiger partial charge is 0.420 e. The van der Waals surface area contributed by atoms with Gasteiger partial charge in [-0.3, -0.25) is 0 Å². The summed E-state index contributed by atoms with van der Waals surface area (Å²) >= 11 is 0. The van der Waals surface area contributed by atoms with E-state index in [4.69, 9.17) is 70.6 Å². The van der Waals surface area contributed by atoms with Crippen LogP contribution in [0.4, 0.5) is 0 Å². The van der Waals surface area contributed by atoms with Crippen molar-refractivity contribution < 1.29 is 201 Å². The van der Waals surface area contributed by atoms with Crippen LogP contribution >= 0.6 is 0 Å². The first-order valence-corrected chi connectivity index (χ1v) is 114. The van der Waals surface area contributed by atoms with Crippen molar-refractivity contribution in [2.45, 2.75) is 89.3 Å². The normalized spacial score (nSPS) is 23.2. The van der Waals surface area contributed by atoms with Crippen molar-refractivity contribution in [1.82, 2.24) is 0 Å². The molecule has 0 saturated carbocycles. The van der Waals surface area contributed by atoms with Crippen molar-refractivity contribution in [2.75, 3.05) is 27.4 Å². The number of aliphatic hydroxyl groups is 2. The highest BCUT2D eigenvalue weighted by molar-refractivity contribution is 8.25. The highest BCUT2D eigenvalue weighted by Crippen LogP contribution is 2.65. The number of hydrogen-bond acceptors (Lipinski definition) is 44. The van der Waals surface area contributed by atoms with Crippen LogP contribution in [-0.4, -0.2) is 520 Å². The maximum Gasteiger partial charge on any atom is 0.420 e. The van der Waals surface area contributed by atoms with Gasteiger partial charge in [-0.25, -0.2) is 0 Å². The van der Waals surface area contributed by atoms with E-state index in [-0.39, 0.29) is 12.8 Å². The maximum absolute atomic E-state index is 16.3. The lowest BCUT2D eigenvalue weighted by molar-refractivity contribution is 0.106. The molecule has 0 bridgehead atoms. The molecule has 5 unspecified atom stereocenters. The molecule has 86 heteroatoms. The van der Waals surface area contributed by atoms with E-state index in [2.05, 4.69) is 0 Å². The van der Waals surface area contributed by atoms with Gasteiger partial charge >= 0.3 is 134 Å². The molecular formula is C18H72O44Si42. The lowest BCUT2D eigenvalue weighted by atomic mass is 10.0. The van der Waals surface area contributed by atoms with Crippen molar-refractivity contribution in [3.8, 4) is 0 Å². The van der Waals surface area contributed by atoms with Crippen LogP contribution in [0.2, 0.25) is 69.5 Å². The van der Waals surface area contributed by atoms with Gasteiger partial charge in [0.2, 0.25) is 121 Å². The van der Waals surface area contributed by atoms with Crippen molar-refractivity contribution in [2.24, 2.45) is 0 Å². The second-order valence-corrected chi connectivity index (χ2v) is 202. The SMILES string of the molecule is CCCC1C(CO)(CO)[Si](O)(OC)[Si](O[Si](C)O)([Si](C)(C)OC)[Si](O[Si](O[Si]O)([Si]O)[Si]O)([Si](O[Si]O)([Si]O)[Si]O)[Si](O[Si](O[Si](O[Si](C)C)([Si]O)[Si]O)([Si](O[Si]O)([Si]O)[Si]O)[Si](O[Si]O)([Si]O)[Si]O)([Si](O[Si](O[Si]O)([Si]O)[Si]O)([Si](O[Si]O)([Si]O)[Si]O)[Si](O[Si]O)([Si]O)[Si]O)O[Si](C)(C)O[Si]1(C)C. The van der Waals surface area contributed by atoms with E-state index in [0.717, 1.165) is 47.0 Å². The Kier molecular flexibility index (Phi) is 49.0. The van der Waals surface area contributed by atoms with Crippen molar-refractivity contribution >= 4 is 363 Å². The molecule has 0 aromatic heterocycles. The Morgan fingerprint density at radius 1 is 0.462 bits per heavy atom. The van der Waals surface area contributed by atoms with Gasteiger partial charge in [0.15, 0.2) is 17.4 Å². The summed E-state index contributed by atoms with van der Waals surface area (Å²) in [5, 5.41) is 23.3. The van der Waals surface area contributed by atoms with Crippen LogP contribution in [0.3, 0.4) is 0 Å². The molecular weight excluding hydrogens is 2100 g/mol. The van der Waals surface area contributed by atoms with E-state index in [1.54, 1.807) is 6.92 Å². The first-order valence-electron chi connectivity index (χ1n) is 27.7. The van der Waals surface area contributed by atoms with Gasteiger partial charge in [0.25, 0.3) is 90.0 Å². The molecule has 1 fully saturated rings. The van der Waals surface area contributed by atoms with Gasteiger partial charge in [0, 0.05) is 14.2 Å². The predicted molar refractivity (Wildman–Crippen MR) is 416 cm³/mol. The number of hydrogen-bond donors (Lipinski definition) is 27. The zero-order valence-corrected chi connectivity index (χ0v) is 97.9. The van der Waals surface area contributed by atoms with Crippen LogP contribution in [0, 0.1) is 0 Å². The third-order valence-corrected chi connectivity index (χ3v) is 343. The van der Waals surface area contributed by atoms with E-state index in [0.29, 0.717) is 0 Å². The van der Waals surface area contributed by atoms with Gasteiger partial charge in [-0.05, 0) is 64.5 Å². The molecule has 1 rings (SSSR count). The summed E-state index contributed by atoms with van der Waals surface area (Å²) in [4.78, 5) is 320. The molecule has 104 heavy (non-hydrogen) atoms. The van der Waals surface area contributed by atoms with Crippen LogP contribution in [0.1, 0.15) is 19.8 Å². The fraction of sp³-hybridized carbons (Fsp3) is 1.00. The summed E-state index contributed by atoms with van der Waals surface area (Å²) in [6.07, 6.45) is -0.278. The summed E-state index contributed by atoms with van der Waals surface area (Å²) < 4.78 is 121. The number of rotatable bonds is 55. The Morgan fingerprint density at radius 2 is 0.837 bits per heavy atom. The largest absolute Gasteiger partial charge is 0.438 e. The minimum atomic E-state index is -8.57. The zero-order valence-electron chi connectivity index (χ0n) is 55.9. The predicted octanol–water partition coefficient (Wildman–Crippen LogP) is -24.7. The van der Waals surface area contributed by atoms with E-state index in [9.17, 15) is 125 Å². The van der Waals surface area contributed by atoms with Crippen molar-refractivity contribution in [3.05, 3.63) is 0 Å². The molecule has 0 aromatic carbocycles. The minimum absolute atomic E-state index is 0.00479. The van der Waals surface area contributed by atoms with Crippen molar-refractivity contribution in [1.29, 1.82) is 0 Å². The lowest BCUT2D eigenvalue weighted by Crippen LogP contribution is -3.17. The fourth-order valence-corrected chi connectivity index (χ4v) is 589. The lowest BCUT2D eigenvalue weighted by Gasteiger charge is -2.74. The van der Waals surface area contributed by atoms with E-state index < -0.39 is 386 Å². The monoisotopic (exact) mass is 2170 g/mol. The third kappa shape index (κ3) is 19.7. The molecule has 5 atom stereocenters. The third-order valence-electron chi connectivity index (χ3n) is 15.8. The Morgan fingerprint density at radius 3 is 1.13 bits per heavy atom. The molecule has 1 aliphatic heterocycles. The molecule has 44 nitrogen and oxygen atoms in total. The Balaban J connectivity index is 8.19. The highest BCUT2D eigenvalue weighted by atomic mass is 30.5. The first-order chi connectivity index (χ1) is 48.7. The summed E-state index contributed by atoms with van der Waals surface area (Å²) in [5.41, 5.74) is -1.58. The zero-order chi connectivity index (χ0) is 80.8. The molecule has 0 amide bonds. The minimum Gasteiger partial charge on any atom is -0.438 e. The van der Waals surface area contributed by atoms with Gasteiger partial charge in [-0.15, -0.1) is 0 Å². The maximum atomic E-state index is 16.3. The summed E-state index contributed by atoms with van der Waals surface area (Å²) in [7, 11) is -115. The Hall–Kier alpha value is 7.35. The summed E-state index contributed by atoms with van der Waals surface area (Å²) in [6, 6.07) is 0. The van der Waals surface area contributed by atoms with Gasteiger partial charge in [0.05, 0.1) is 18.3 Å². The highest BCUT2D eigenvalue weighted by Gasteiger charge is 3.05. The van der Waals surface area contributed by atoms with Crippen LogP contribution in [-0.2, 0) is 70.6 Å². The van der Waals surface area contributed by atoms with Gasteiger partial charge in [0.1, 0.15) is 0 Å². The summed E-state index contributed by atoms with van der Waals surface area (Å²) in [6.45, 7) is -47.4. The topological polar surface area (TPSA) is 703 Å². The molecule has 0 spiro atoms. The molecule has 1 saturated heterocycles. The second-order valence-electron chi connectivity index (χ2n) is 22.3. The average molecular weight is 2170 g/mol. The Labute approximate surface area is 672 Å². The van der Waals surface area contributed by atoms with Crippen LogP contribution < -0.4 is 0 Å². The average Bonchev–Trinajstić information content (AvgIpc) is 0.624. The van der Waals surface area contributed by atoms with Gasteiger partial charge in [-0.1, -0.05) is 19.8 Å². The first kappa shape index (κ1) is 109. The molecule has 0 aliphatic carbocycles. The van der Waals surface area contributed by atoms with E-state index in [1.807, 2.05) is 0 Å². The van der Waals surface area contributed by atoms with E-state index >= 15 is 4.80 Å². The molecule has 0 aromatic rings. The van der Waals surface area contributed by atoms with Gasteiger partial charge < -0.3 is 201 Å². The second kappa shape index (κ2) is 46.6. The van der Waals surface area contributed by atoms with Crippen LogP contribution in [0.15, 0.2) is 0 Å². The molecule has 27 N–H and O–H groups in total. The van der Waals surface area contributed by atoms with E-state index in [1.165, 1.54) is 26.2 Å². The Bertz CT molecular complexity index is 2400. The number of aliphatic hydroxyl groups excluding tert-OH is 2. The van der Waals surface area contributed by atoms with Gasteiger partial charge in [-0.2, -0.15) is 0 Å². The molecule has 576 valence electrons. The summed E-state index contributed by atoms with van der Waals surface area (Å²) in [5.74, 6) is 0. The van der Waals surface area contributed by atoms with Crippen LogP contribution in [0.5, 0.6) is 0 Å². The molecule has 1 heterocycles. The molecule has 1 aliphatic rings. The standard InChI is InChI=1S/C18H72O44Si42/c1-13-14-17-18(15-19,16-20)91(45,47-3)102(56-87(6)44,90(11,12)46-2)104(101(84-42,85-43)54-69-27,61-93(72-30,73-31)49-64-22)96(58-89(9,10)57-88(17,7)8,103(99(80-38,81-39)52-67-25,100(82-40,83-41)53-68-26)60-92(70-28,71-29)48-63-21)62-95(97(76-34,77-35)50-65-23,98(78-36,79-37)51-66-24)59-94(74-32,75-33)55-86(4)5/h17,19-45H,13-16H2,1-12H3. The fourth-order valence-electron chi connectivity index (χ4n) is 12.2. The van der Waals surface area contributed by atoms with Crippen LogP contribution in [0.25, 0.3) is 0 Å².